The number of hydrogen-bond donors (Lipinski definition) is 1. The number of nitrogens with one attached hydrogen (secondary N) is 1. The molecule has 0 amide bonds. The van der Waals surface area contributed by atoms with Crippen molar-refractivity contribution < 1.29 is 21.6 Å². The highest BCUT2D eigenvalue weighted by Gasteiger charge is 2.29. The normalized spacial score (nSPS) is 12.6. The summed E-state index contributed by atoms with van der Waals surface area (Å²) in [5.74, 6) is -0.291. The summed E-state index contributed by atoms with van der Waals surface area (Å²) in [7, 11) is -3.91. The summed E-state index contributed by atoms with van der Waals surface area (Å²) in [4.78, 5) is 0. The molecule has 0 saturated heterocycles. The maximum absolute atomic E-state index is 12.1. The second-order valence-electron chi connectivity index (χ2n) is 3.81. The van der Waals surface area contributed by atoms with Gasteiger partial charge in [0.2, 0.25) is 0 Å². The van der Waals surface area contributed by atoms with E-state index in [2.05, 4.69) is 14.7 Å². The lowest BCUT2D eigenvalue weighted by Gasteiger charge is -2.04. The fourth-order valence-corrected chi connectivity index (χ4v) is 3.20. The van der Waals surface area contributed by atoms with E-state index in [1.807, 2.05) is 4.72 Å². The van der Waals surface area contributed by atoms with E-state index >= 15 is 0 Å². The van der Waals surface area contributed by atoms with E-state index in [1.54, 1.807) is 6.92 Å². The largest absolute Gasteiger partial charge is 0.408 e. The van der Waals surface area contributed by atoms with Gasteiger partial charge >= 0.3 is 6.18 Å². The number of alkyl halides is 3. The number of hydrogen-bond acceptors (Lipinski definition) is 6. The summed E-state index contributed by atoms with van der Waals surface area (Å²) in [6.45, 7) is 0.274. The molecule has 0 saturated carbocycles. The van der Waals surface area contributed by atoms with Crippen LogP contribution >= 0.6 is 11.5 Å². The van der Waals surface area contributed by atoms with Crippen LogP contribution in [0.5, 0.6) is 0 Å². The van der Waals surface area contributed by atoms with E-state index in [4.69, 9.17) is 0 Å². The van der Waals surface area contributed by atoms with E-state index in [1.165, 1.54) is 6.07 Å². The average molecular weight is 327 g/mol. The Hall–Kier alpha value is -1.69. The maximum atomic E-state index is 12.1. The van der Waals surface area contributed by atoms with Crippen molar-refractivity contribution in [3.63, 3.8) is 0 Å². The molecule has 2 rings (SSSR count). The highest BCUT2D eigenvalue weighted by Crippen LogP contribution is 2.20. The van der Waals surface area contributed by atoms with Gasteiger partial charge in [0.05, 0.1) is 11.9 Å². The summed E-state index contributed by atoms with van der Waals surface area (Å²) >= 11 is 0.757. The van der Waals surface area contributed by atoms with E-state index in [0.717, 1.165) is 17.7 Å². The van der Waals surface area contributed by atoms with Crippen molar-refractivity contribution >= 4 is 27.4 Å². The minimum Gasteiger partial charge on any atom is -0.260 e. The molecule has 0 bridgehead atoms. The number of halogens is 3. The number of rotatable bonds is 4. The first-order valence-electron chi connectivity index (χ1n) is 5.09. The molecular weight excluding hydrogens is 319 g/mol. The molecule has 1 N–H and O–H groups in total. The van der Waals surface area contributed by atoms with Gasteiger partial charge in [-0.3, -0.25) is 4.72 Å². The maximum Gasteiger partial charge on any atom is 0.408 e. The van der Waals surface area contributed by atoms with Gasteiger partial charge in [0.15, 0.2) is 10.0 Å². The Labute approximate surface area is 115 Å². The molecular formula is C8H8F3N5O2S2. The Kier molecular flexibility index (Phi) is 3.69. The monoisotopic (exact) mass is 327 g/mol. The third-order valence-electron chi connectivity index (χ3n) is 1.99. The highest BCUT2D eigenvalue weighted by atomic mass is 32.2. The van der Waals surface area contributed by atoms with Crippen LogP contribution in [0.2, 0.25) is 0 Å². The number of anilines is 1. The third-order valence-corrected chi connectivity index (χ3v) is 4.67. The first-order chi connectivity index (χ1) is 9.16. The van der Waals surface area contributed by atoms with E-state index in [0.29, 0.717) is 10.4 Å². The molecule has 2 heterocycles. The average Bonchev–Trinajstić information content (AvgIpc) is 2.85. The number of aryl methyl sites for hydroxylation is 1. The van der Waals surface area contributed by atoms with Gasteiger partial charge in [0, 0.05) is 0 Å². The predicted molar refractivity (Wildman–Crippen MR) is 63.7 cm³/mol. The number of sulfonamides is 1. The SMILES string of the molecule is Cc1cc(S(=O)(=O)Nc2cn(CC(F)(F)F)nn2)sn1. The summed E-state index contributed by atoms with van der Waals surface area (Å²) in [5.41, 5.74) is 0.524. The molecule has 2 aromatic rings. The van der Waals surface area contributed by atoms with E-state index in [-0.39, 0.29) is 10.0 Å². The quantitative estimate of drug-likeness (QED) is 0.917. The van der Waals surface area contributed by atoms with Gasteiger partial charge in [-0.15, -0.1) is 5.10 Å². The molecule has 0 atom stereocenters. The molecule has 0 aliphatic rings. The Bertz CT molecular complexity index is 706. The van der Waals surface area contributed by atoms with Gasteiger partial charge in [0.1, 0.15) is 6.54 Å². The molecule has 12 heteroatoms. The van der Waals surface area contributed by atoms with E-state index in [9.17, 15) is 21.6 Å². The first kappa shape index (κ1) is 14.7. The predicted octanol–water partition coefficient (Wildman–Crippen LogP) is 1.41. The molecule has 110 valence electrons. The molecule has 0 aliphatic heterocycles. The Morgan fingerprint density at radius 3 is 2.70 bits per heavy atom. The number of aromatic nitrogens is 4. The van der Waals surface area contributed by atoms with Crippen LogP contribution < -0.4 is 4.72 Å². The van der Waals surface area contributed by atoms with Crippen molar-refractivity contribution in [2.75, 3.05) is 4.72 Å². The van der Waals surface area contributed by atoms with Gasteiger partial charge in [-0.1, -0.05) is 5.21 Å². The molecule has 0 unspecified atom stereocenters. The van der Waals surface area contributed by atoms with Crippen LogP contribution in [-0.2, 0) is 16.6 Å². The van der Waals surface area contributed by atoms with Gasteiger partial charge in [-0.25, -0.2) is 13.1 Å². The Morgan fingerprint density at radius 2 is 2.15 bits per heavy atom. The molecule has 20 heavy (non-hydrogen) atoms. The Balaban J connectivity index is 2.14. The molecule has 0 aromatic carbocycles. The van der Waals surface area contributed by atoms with Crippen molar-refractivity contribution in [2.24, 2.45) is 0 Å². The smallest absolute Gasteiger partial charge is 0.260 e. The topological polar surface area (TPSA) is 89.8 Å². The summed E-state index contributed by atoms with van der Waals surface area (Å²) in [6.07, 6.45) is -3.60. The van der Waals surface area contributed by atoms with Crippen LogP contribution in [0.4, 0.5) is 19.0 Å². The van der Waals surface area contributed by atoms with Crippen LogP contribution in [0.3, 0.4) is 0 Å². The van der Waals surface area contributed by atoms with Crippen LogP contribution in [0.1, 0.15) is 5.69 Å². The molecule has 0 spiro atoms. The van der Waals surface area contributed by atoms with Crippen molar-refractivity contribution in [2.45, 2.75) is 23.9 Å². The van der Waals surface area contributed by atoms with Crippen LogP contribution in [0.15, 0.2) is 16.5 Å². The summed E-state index contributed by atoms with van der Waals surface area (Å²) in [5, 5.41) is 6.52. The molecule has 0 aliphatic carbocycles. The zero-order chi connectivity index (χ0) is 15.0. The van der Waals surface area contributed by atoms with Crippen LogP contribution in [-0.4, -0.2) is 34.0 Å². The summed E-state index contributed by atoms with van der Waals surface area (Å²) < 4.78 is 66.4. The van der Waals surface area contributed by atoms with Gasteiger partial charge in [-0.05, 0) is 24.5 Å². The van der Waals surface area contributed by atoms with Gasteiger partial charge in [0.25, 0.3) is 10.0 Å². The van der Waals surface area contributed by atoms with Gasteiger partial charge < -0.3 is 0 Å². The minimum absolute atomic E-state index is 0.0552. The van der Waals surface area contributed by atoms with Crippen LogP contribution in [0, 0.1) is 6.92 Å². The molecule has 0 fully saturated rings. The van der Waals surface area contributed by atoms with Crippen LogP contribution in [0.25, 0.3) is 0 Å². The third kappa shape index (κ3) is 3.66. The van der Waals surface area contributed by atoms with Crippen molar-refractivity contribution in [3.05, 3.63) is 18.0 Å². The van der Waals surface area contributed by atoms with Crippen molar-refractivity contribution in [3.8, 4) is 0 Å². The lowest BCUT2D eigenvalue weighted by atomic mass is 10.5. The second-order valence-corrected chi connectivity index (χ2v) is 6.52. The molecule has 2 aromatic heterocycles. The zero-order valence-corrected chi connectivity index (χ0v) is 11.6. The highest BCUT2D eigenvalue weighted by molar-refractivity contribution is 7.94. The minimum atomic E-state index is -4.46. The van der Waals surface area contributed by atoms with Crippen molar-refractivity contribution in [1.29, 1.82) is 0 Å². The van der Waals surface area contributed by atoms with Crippen molar-refractivity contribution in [1.82, 2.24) is 19.4 Å². The summed E-state index contributed by atoms with van der Waals surface area (Å²) in [6, 6.07) is 1.34. The first-order valence-corrected chi connectivity index (χ1v) is 7.34. The van der Waals surface area contributed by atoms with Gasteiger partial charge in [-0.2, -0.15) is 17.5 Å². The zero-order valence-electron chi connectivity index (χ0n) is 9.92. The lowest BCUT2D eigenvalue weighted by Crippen LogP contribution is -2.18. The van der Waals surface area contributed by atoms with E-state index < -0.39 is 22.7 Å². The fraction of sp³-hybridized carbons (Fsp3) is 0.375. The molecule has 0 radical (unpaired) electrons. The fourth-order valence-electron chi connectivity index (χ4n) is 1.26. The second kappa shape index (κ2) is 5.01. The number of nitrogens with zero attached hydrogens (tertiary/aromatic N) is 4. The standard InChI is InChI=1S/C8H8F3N5O2S2/c1-5-2-7(19-13-5)20(17,18)14-6-3-16(15-12-6)4-8(9,10)11/h2-3,14H,4H2,1H3. The molecule has 7 nitrogen and oxygen atoms in total. The Morgan fingerprint density at radius 1 is 1.45 bits per heavy atom. The lowest BCUT2D eigenvalue weighted by molar-refractivity contribution is -0.142.